The lowest BCUT2D eigenvalue weighted by Gasteiger charge is -2.32. The van der Waals surface area contributed by atoms with Crippen LogP contribution in [0.4, 0.5) is 0 Å². The average molecular weight is 375 g/mol. The fourth-order valence-corrected chi connectivity index (χ4v) is 3.92. The minimum atomic E-state index is -0.213. The van der Waals surface area contributed by atoms with Crippen molar-refractivity contribution in [2.75, 3.05) is 19.6 Å². The molecule has 3 heterocycles. The number of aromatic nitrogens is 2. The first-order valence-electron chi connectivity index (χ1n) is 8.99. The van der Waals surface area contributed by atoms with Crippen molar-refractivity contribution >= 4 is 17.2 Å². The molecule has 7 heteroatoms. The van der Waals surface area contributed by atoms with Gasteiger partial charge in [0.25, 0.3) is 5.56 Å². The third-order valence-corrected chi connectivity index (χ3v) is 5.28. The molecule has 1 amide bonds. The predicted molar refractivity (Wildman–Crippen MR) is 104 cm³/mol. The lowest BCUT2D eigenvalue weighted by molar-refractivity contribution is -0.124. The van der Waals surface area contributed by atoms with Gasteiger partial charge in [-0.25, -0.2) is 4.68 Å². The highest BCUT2D eigenvalue weighted by Gasteiger charge is 2.24. The van der Waals surface area contributed by atoms with Gasteiger partial charge in [0, 0.05) is 24.7 Å². The minimum Gasteiger partial charge on any atom is -0.350 e. The topological polar surface area (TPSA) is 67.2 Å². The van der Waals surface area contributed by atoms with Crippen LogP contribution in [0.5, 0.6) is 0 Å². The first kappa shape index (κ1) is 18.8. The van der Waals surface area contributed by atoms with Gasteiger partial charge < -0.3 is 5.32 Å². The summed E-state index contributed by atoms with van der Waals surface area (Å²) in [5.74, 6) is 0.0472. The number of nitrogens with zero attached hydrogens (tertiary/aromatic N) is 3. The Kier molecular flexibility index (Phi) is 5.58. The summed E-state index contributed by atoms with van der Waals surface area (Å²) in [4.78, 5) is 27.6. The highest BCUT2D eigenvalue weighted by molar-refractivity contribution is 7.13. The summed E-state index contributed by atoms with van der Waals surface area (Å²) < 4.78 is 1.63. The van der Waals surface area contributed by atoms with Crippen LogP contribution in [-0.2, 0) is 4.79 Å². The van der Waals surface area contributed by atoms with Crippen molar-refractivity contribution < 1.29 is 4.79 Å². The molecule has 0 unspecified atom stereocenters. The third kappa shape index (κ3) is 4.80. The van der Waals surface area contributed by atoms with Gasteiger partial charge in [0.1, 0.15) is 5.69 Å². The smallest absolute Gasteiger partial charge is 0.267 e. The summed E-state index contributed by atoms with van der Waals surface area (Å²) in [5.41, 5.74) is 0.565. The van der Waals surface area contributed by atoms with E-state index < -0.39 is 0 Å². The second-order valence-electron chi connectivity index (χ2n) is 7.78. The van der Waals surface area contributed by atoms with Crippen LogP contribution < -0.4 is 10.9 Å². The number of amides is 1. The van der Waals surface area contributed by atoms with Crippen LogP contribution in [0.15, 0.2) is 34.4 Å². The van der Waals surface area contributed by atoms with Gasteiger partial charge in [-0.3, -0.25) is 14.5 Å². The molecule has 26 heavy (non-hydrogen) atoms. The van der Waals surface area contributed by atoms with Crippen LogP contribution in [0.3, 0.4) is 0 Å². The van der Waals surface area contributed by atoms with Crippen molar-refractivity contribution in [2.45, 2.75) is 45.2 Å². The Hall–Kier alpha value is -1.99. The highest BCUT2D eigenvalue weighted by atomic mass is 32.1. The van der Waals surface area contributed by atoms with Gasteiger partial charge in [-0.05, 0) is 51.1 Å². The Morgan fingerprint density at radius 3 is 2.62 bits per heavy atom. The molecule has 0 atom stereocenters. The second-order valence-corrected chi connectivity index (χ2v) is 8.73. The van der Waals surface area contributed by atoms with Crippen molar-refractivity contribution in [1.82, 2.24) is 20.0 Å². The van der Waals surface area contributed by atoms with E-state index >= 15 is 0 Å². The number of likely N-dealkylation sites (tertiary alicyclic amines) is 1. The maximum Gasteiger partial charge on any atom is 0.267 e. The molecule has 6 nitrogen and oxygen atoms in total. The number of carbonyl (C=O) groups excluding carboxylic acids is 1. The van der Waals surface area contributed by atoms with E-state index in [9.17, 15) is 9.59 Å². The molecule has 0 bridgehead atoms. The van der Waals surface area contributed by atoms with Gasteiger partial charge in [0.05, 0.1) is 17.5 Å². The van der Waals surface area contributed by atoms with Crippen LogP contribution in [0, 0.1) is 0 Å². The van der Waals surface area contributed by atoms with Crippen molar-refractivity contribution in [3.63, 3.8) is 0 Å². The summed E-state index contributed by atoms with van der Waals surface area (Å²) in [7, 11) is 0. The second kappa shape index (κ2) is 7.72. The van der Waals surface area contributed by atoms with Gasteiger partial charge in [0.2, 0.25) is 5.91 Å². The number of rotatable bonds is 4. The Labute approximate surface area is 157 Å². The van der Waals surface area contributed by atoms with Gasteiger partial charge in [-0.15, -0.1) is 11.3 Å². The van der Waals surface area contributed by atoms with E-state index in [-0.39, 0.29) is 23.0 Å². The molecule has 2 aromatic heterocycles. The maximum atomic E-state index is 12.3. The van der Waals surface area contributed by atoms with Crippen LogP contribution in [0.2, 0.25) is 0 Å². The molecular formula is C19H26N4O2S. The van der Waals surface area contributed by atoms with Crippen LogP contribution in [0.1, 0.15) is 39.7 Å². The fourth-order valence-electron chi connectivity index (χ4n) is 3.23. The molecule has 3 rings (SSSR count). The van der Waals surface area contributed by atoms with E-state index in [1.54, 1.807) is 28.2 Å². The minimum absolute atomic E-state index is 0.0472. The molecule has 1 N–H and O–H groups in total. The third-order valence-electron chi connectivity index (χ3n) is 4.38. The van der Waals surface area contributed by atoms with Crippen molar-refractivity contribution in [1.29, 1.82) is 0 Å². The maximum absolute atomic E-state index is 12.3. The van der Waals surface area contributed by atoms with E-state index in [4.69, 9.17) is 0 Å². The number of nitrogens with one attached hydrogen (secondary N) is 1. The van der Waals surface area contributed by atoms with E-state index in [0.717, 1.165) is 36.5 Å². The highest BCUT2D eigenvalue weighted by Crippen LogP contribution is 2.24. The first-order chi connectivity index (χ1) is 12.3. The molecule has 0 aromatic carbocycles. The van der Waals surface area contributed by atoms with Gasteiger partial charge >= 0.3 is 0 Å². The van der Waals surface area contributed by atoms with Crippen LogP contribution in [0.25, 0.3) is 10.6 Å². The normalized spacial score (nSPS) is 16.6. The fraction of sp³-hybridized carbons (Fsp3) is 0.526. The van der Waals surface area contributed by atoms with E-state index in [1.807, 2.05) is 38.3 Å². The van der Waals surface area contributed by atoms with Gasteiger partial charge in [0.15, 0.2) is 0 Å². The zero-order valence-corrected chi connectivity index (χ0v) is 16.4. The zero-order chi connectivity index (χ0) is 18.7. The standard InChI is InChI=1S/C19H26N4O2S/c1-19(2,3)20-17(24)13-22-10-8-14(9-11-22)23-18(25)7-6-15(21-23)16-5-4-12-26-16/h4-7,12,14H,8-11,13H2,1-3H3,(H,20,24). The van der Waals surface area contributed by atoms with E-state index in [2.05, 4.69) is 15.3 Å². The van der Waals surface area contributed by atoms with Crippen LogP contribution >= 0.6 is 11.3 Å². The number of carbonyl (C=O) groups is 1. The molecule has 1 aliphatic heterocycles. The summed E-state index contributed by atoms with van der Waals surface area (Å²) >= 11 is 1.62. The van der Waals surface area contributed by atoms with Crippen molar-refractivity contribution in [3.8, 4) is 10.6 Å². The van der Waals surface area contributed by atoms with E-state index in [1.165, 1.54) is 0 Å². The summed E-state index contributed by atoms with van der Waals surface area (Å²) in [5, 5.41) is 9.59. The summed E-state index contributed by atoms with van der Waals surface area (Å²) in [6.07, 6.45) is 1.65. The Bertz CT molecular complexity index is 800. The Morgan fingerprint density at radius 1 is 1.27 bits per heavy atom. The molecule has 2 aromatic rings. The molecule has 1 saturated heterocycles. The first-order valence-corrected chi connectivity index (χ1v) is 9.87. The molecular weight excluding hydrogens is 348 g/mol. The number of piperidine rings is 1. The summed E-state index contributed by atoms with van der Waals surface area (Å²) in [6, 6.07) is 7.47. The van der Waals surface area contributed by atoms with Gasteiger partial charge in [-0.1, -0.05) is 6.07 Å². The molecule has 0 radical (unpaired) electrons. The zero-order valence-electron chi connectivity index (χ0n) is 15.6. The van der Waals surface area contributed by atoms with E-state index in [0.29, 0.717) is 6.54 Å². The molecule has 1 fully saturated rings. The monoisotopic (exact) mass is 374 g/mol. The lowest BCUT2D eigenvalue weighted by Crippen LogP contribution is -2.48. The Balaban J connectivity index is 1.62. The largest absolute Gasteiger partial charge is 0.350 e. The van der Waals surface area contributed by atoms with Crippen molar-refractivity contribution in [3.05, 3.63) is 40.0 Å². The molecule has 0 spiro atoms. The SMILES string of the molecule is CC(C)(C)NC(=O)CN1CCC(n2nc(-c3cccs3)ccc2=O)CC1. The Morgan fingerprint density at radius 2 is 2.00 bits per heavy atom. The number of hydrogen-bond donors (Lipinski definition) is 1. The quantitative estimate of drug-likeness (QED) is 0.893. The predicted octanol–water partition coefficient (Wildman–Crippen LogP) is 2.52. The summed E-state index contributed by atoms with van der Waals surface area (Å²) in [6.45, 7) is 7.93. The average Bonchev–Trinajstić information content (AvgIpc) is 3.09. The molecule has 140 valence electrons. The molecule has 1 aliphatic rings. The van der Waals surface area contributed by atoms with Crippen molar-refractivity contribution in [2.24, 2.45) is 0 Å². The number of hydrogen-bond acceptors (Lipinski definition) is 5. The lowest BCUT2D eigenvalue weighted by atomic mass is 10.0. The molecule has 0 saturated carbocycles. The molecule has 0 aliphatic carbocycles. The van der Waals surface area contributed by atoms with Crippen LogP contribution in [-0.4, -0.2) is 45.8 Å². The van der Waals surface area contributed by atoms with Gasteiger partial charge in [-0.2, -0.15) is 5.10 Å². The number of thiophene rings is 1.